The van der Waals surface area contributed by atoms with Gasteiger partial charge < -0.3 is 15.0 Å². The van der Waals surface area contributed by atoms with E-state index in [0.29, 0.717) is 18.3 Å². The minimum atomic E-state index is -0.162. The predicted molar refractivity (Wildman–Crippen MR) is 68.1 cm³/mol. The van der Waals surface area contributed by atoms with E-state index in [0.717, 1.165) is 12.8 Å². The highest BCUT2D eigenvalue weighted by atomic mass is 16.5. The van der Waals surface area contributed by atoms with Crippen LogP contribution in [0.2, 0.25) is 0 Å². The molecule has 1 aliphatic rings. The van der Waals surface area contributed by atoms with Crippen molar-refractivity contribution in [2.45, 2.75) is 51.6 Å². The lowest BCUT2D eigenvalue weighted by Crippen LogP contribution is -2.41. The third-order valence-corrected chi connectivity index (χ3v) is 3.85. The van der Waals surface area contributed by atoms with Crippen LogP contribution in [-0.4, -0.2) is 23.8 Å². The van der Waals surface area contributed by atoms with E-state index < -0.39 is 0 Å². The van der Waals surface area contributed by atoms with E-state index in [1.54, 1.807) is 7.11 Å². The van der Waals surface area contributed by atoms with Gasteiger partial charge in [-0.05, 0) is 18.3 Å². The summed E-state index contributed by atoms with van der Waals surface area (Å²) < 4.78 is 10.9. The second-order valence-electron chi connectivity index (χ2n) is 6.28. The molecule has 18 heavy (non-hydrogen) atoms. The highest BCUT2D eigenvalue weighted by molar-refractivity contribution is 5.12. The Hall–Kier alpha value is -0.940. The number of hydrogen-bond acceptors (Lipinski definition) is 5. The maximum atomic E-state index is 5.85. The molecule has 0 saturated heterocycles. The second kappa shape index (κ2) is 4.63. The van der Waals surface area contributed by atoms with Crippen LogP contribution in [0.4, 0.5) is 0 Å². The minimum Gasteiger partial charge on any atom is -0.373 e. The number of aromatic nitrogens is 2. The van der Waals surface area contributed by atoms with Crippen molar-refractivity contribution in [1.82, 2.24) is 10.1 Å². The van der Waals surface area contributed by atoms with Gasteiger partial charge in [0.2, 0.25) is 11.7 Å². The Balaban J connectivity index is 2.24. The third-order valence-electron chi connectivity index (χ3n) is 3.85. The highest BCUT2D eigenvalue weighted by Gasteiger charge is 2.43. The molecule has 1 atom stereocenters. The second-order valence-corrected chi connectivity index (χ2v) is 6.28. The van der Waals surface area contributed by atoms with Gasteiger partial charge in [0.1, 0.15) is 6.10 Å². The molecule has 102 valence electrons. The van der Waals surface area contributed by atoms with Gasteiger partial charge in [0, 0.05) is 13.7 Å². The standard InChI is InChI=1S/C13H23N3O2/c1-12(2,3)9(17-4)10-15-11(18-16-10)13(8-14)6-5-7-13/h9H,5-8,14H2,1-4H3. The lowest BCUT2D eigenvalue weighted by molar-refractivity contribution is 0.00718. The molecule has 1 heterocycles. The van der Waals surface area contributed by atoms with Gasteiger partial charge in [0.15, 0.2) is 0 Å². The fourth-order valence-electron chi connectivity index (χ4n) is 2.51. The summed E-state index contributed by atoms with van der Waals surface area (Å²) in [6, 6.07) is 0. The molecular weight excluding hydrogens is 230 g/mol. The zero-order chi connectivity index (χ0) is 13.4. The molecule has 5 nitrogen and oxygen atoms in total. The summed E-state index contributed by atoms with van der Waals surface area (Å²) in [4.78, 5) is 4.53. The minimum absolute atomic E-state index is 0.0641. The van der Waals surface area contributed by atoms with Gasteiger partial charge in [-0.3, -0.25) is 0 Å². The molecule has 1 unspecified atom stereocenters. The van der Waals surface area contributed by atoms with Crippen LogP contribution >= 0.6 is 0 Å². The molecule has 1 aliphatic carbocycles. The highest BCUT2D eigenvalue weighted by Crippen LogP contribution is 2.43. The van der Waals surface area contributed by atoms with Crippen LogP contribution in [0.3, 0.4) is 0 Å². The van der Waals surface area contributed by atoms with Crippen LogP contribution in [-0.2, 0) is 10.2 Å². The van der Waals surface area contributed by atoms with E-state index in [9.17, 15) is 0 Å². The quantitative estimate of drug-likeness (QED) is 0.890. The summed E-state index contributed by atoms with van der Waals surface area (Å²) in [5.41, 5.74) is 5.70. The molecule has 1 aromatic heterocycles. The van der Waals surface area contributed by atoms with Gasteiger partial charge in [-0.15, -0.1) is 0 Å². The maximum absolute atomic E-state index is 5.85. The fourth-order valence-corrected chi connectivity index (χ4v) is 2.51. The number of ether oxygens (including phenoxy) is 1. The maximum Gasteiger partial charge on any atom is 0.234 e. The first-order valence-electron chi connectivity index (χ1n) is 6.50. The van der Waals surface area contributed by atoms with E-state index in [1.165, 1.54) is 6.42 Å². The summed E-state index contributed by atoms with van der Waals surface area (Å²) in [5, 5.41) is 4.08. The lowest BCUT2D eigenvalue weighted by atomic mass is 9.69. The van der Waals surface area contributed by atoms with Gasteiger partial charge in [0.25, 0.3) is 0 Å². The molecule has 0 bridgehead atoms. The average Bonchev–Trinajstić information content (AvgIpc) is 2.65. The monoisotopic (exact) mass is 253 g/mol. The predicted octanol–water partition coefficient (Wildman–Crippen LogP) is 2.18. The Morgan fingerprint density at radius 1 is 1.44 bits per heavy atom. The number of nitrogens with zero attached hydrogens (tertiary/aromatic N) is 2. The first kappa shape index (κ1) is 13.5. The average molecular weight is 253 g/mol. The summed E-state index contributed by atoms with van der Waals surface area (Å²) in [6.45, 7) is 6.86. The molecule has 0 aromatic carbocycles. The largest absolute Gasteiger partial charge is 0.373 e. The van der Waals surface area contributed by atoms with Crippen LogP contribution < -0.4 is 5.73 Å². The van der Waals surface area contributed by atoms with Crippen molar-refractivity contribution in [3.8, 4) is 0 Å². The molecule has 0 spiro atoms. The molecule has 2 N–H and O–H groups in total. The molecule has 0 amide bonds. The summed E-state index contributed by atoms with van der Waals surface area (Å²) in [7, 11) is 1.67. The van der Waals surface area contributed by atoms with E-state index in [4.69, 9.17) is 15.0 Å². The van der Waals surface area contributed by atoms with Crippen LogP contribution in [0.5, 0.6) is 0 Å². The van der Waals surface area contributed by atoms with Crippen molar-refractivity contribution < 1.29 is 9.26 Å². The van der Waals surface area contributed by atoms with E-state index >= 15 is 0 Å². The summed E-state index contributed by atoms with van der Waals surface area (Å²) >= 11 is 0. The molecule has 1 saturated carbocycles. The van der Waals surface area contributed by atoms with Crippen LogP contribution in [0.25, 0.3) is 0 Å². The number of methoxy groups -OCH3 is 1. The number of rotatable bonds is 4. The van der Waals surface area contributed by atoms with Crippen molar-refractivity contribution in [3.05, 3.63) is 11.7 Å². The molecule has 5 heteroatoms. The summed E-state index contributed by atoms with van der Waals surface area (Å²) in [5.74, 6) is 1.30. The van der Waals surface area contributed by atoms with Crippen molar-refractivity contribution in [1.29, 1.82) is 0 Å². The van der Waals surface area contributed by atoms with Crippen molar-refractivity contribution in [2.24, 2.45) is 11.1 Å². The third kappa shape index (κ3) is 2.17. The SMILES string of the molecule is COC(c1noc(C2(CN)CCC2)n1)C(C)(C)C. The Labute approximate surface area is 108 Å². The number of nitrogens with two attached hydrogens (primary N) is 1. The molecule has 1 fully saturated rings. The Morgan fingerprint density at radius 2 is 2.11 bits per heavy atom. The Bertz CT molecular complexity index is 399. The Morgan fingerprint density at radius 3 is 2.50 bits per heavy atom. The zero-order valence-corrected chi connectivity index (χ0v) is 11.7. The lowest BCUT2D eigenvalue weighted by Gasteiger charge is -2.37. The smallest absolute Gasteiger partial charge is 0.234 e. The topological polar surface area (TPSA) is 74.2 Å². The van der Waals surface area contributed by atoms with E-state index in [-0.39, 0.29) is 16.9 Å². The number of hydrogen-bond donors (Lipinski definition) is 1. The molecule has 1 aromatic rings. The van der Waals surface area contributed by atoms with Crippen molar-refractivity contribution >= 4 is 0 Å². The van der Waals surface area contributed by atoms with E-state index in [1.807, 2.05) is 0 Å². The molecule has 2 rings (SSSR count). The van der Waals surface area contributed by atoms with Crippen LogP contribution in [0.1, 0.15) is 57.9 Å². The fraction of sp³-hybridized carbons (Fsp3) is 0.846. The molecule has 0 aliphatic heterocycles. The van der Waals surface area contributed by atoms with Gasteiger partial charge in [-0.2, -0.15) is 4.98 Å². The summed E-state index contributed by atoms with van der Waals surface area (Å²) in [6.07, 6.45) is 3.10. The molecule has 0 radical (unpaired) electrons. The first-order valence-corrected chi connectivity index (χ1v) is 6.50. The van der Waals surface area contributed by atoms with Gasteiger partial charge in [-0.1, -0.05) is 32.3 Å². The first-order chi connectivity index (χ1) is 8.43. The zero-order valence-electron chi connectivity index (χ0n) is 11.7. The molecular formula is C13H23N3O2. The normalized spacial score (nSPS) is 20.5. The van der Waals surface area contributed by atoms with Crippen LogP contribution in [0.15, 0.2) is 4.52 Å². The Kier molecular flexibility index (Phi) is 3.47. The van der Waals surface area contributed by atoms with Gasteiger partial charge in [0.05, 0.1) is 5.41 Å². The van der Waals surface area contributed by atoms with Crippen molar-refractivity contribution in [3.63, 3.8) is 0 Å². The van der Waals surface area contributed by atoms with Crippen molar-refractivity contribution in [2.75, 3.05) is 13.7 Å². The van der Waals surface area contributed by atoms with Crippen LogP contribution in [0, 0.1) is 5.41 Å². The van der Waals surface area contributed by atoms with Gasteiger partial charge in [-0.25, -0.2) is 0 Å². The van der Waals surface area contributed by atoms with E-state index in [2.05, 4.69) is 30.9 Å². The van der Waals surface area contributed by atoms with Gasteiger partial charge >= 0.3 is 0 Å².